The fourth-order valence-electron chi connectivity index (χ4n) is 3.35. The van der Waals surface area contributed by atoms with E-state index < -0.39 is 12.5 Å². The first-order chi connectivity index (χ1) is 14.1. The van der Waals surface area contributed by atoms with Crippen LogP contribution in [0, 0.1) is 0 Å². The van der Waals surface area contributed by atoms with Crippen molar-refractivity contribution in [3.8, 4) is 23.0 Å². The zero-order chi connectivity index (χ0) is 20.4. The van der Waals surface area contributed by atoms with E-state index in [9.17, 15) is 13.6 Å². The van der Waals surface area contributed by atoms with E-state index in [4.69, 9.17) is 9.47 Å². The summed E-state index contributed by atoms with van der Waals surface area (Å²) in [5.74, 6) is 0.253. The SMILES string of the molecule is COc1ccc(NC(=O)C2c3ccccc3Oc3ccccc32)cc1OC(F)F. The summed E-state index contributed by atoms with van der Waals surface area (Å²) in [5.41, 5.74) is 1.76. The summed E-state index contributed by atoms with van der Waals surface area (Å²) in [6, 6.07) is 18.9. The first kappa shape index (κ1) is 18.7. The molecule has 0 unspecified atom stereocenters. The van der Waals surface area contributed by atoms with Crippen LogP contribution in [-0.4, -0.2) is 19.6 Å². The van der Waals surface area contributed by atoms with Crippen molar-refractivity contribution in [2.75, 3.05) is 12.4 Å². The second-order valence-corrected chi connectivity index (χ2v) is 6.34. The van der Waals surface area contributed by atoms with Gasteiger partial charge in [-0.05, 0) is 24.3 Å². The van der Waals surface area contributed by atoms with E-state index in [2.05, 4.69) is 10.1 Å². The summed E-state index contributed by atoms with van der Waals surface area (Å²) >= 11 is 0. The molecular weight excluding hydrogens is 380 g/mol. The number of halogens is 2. The van der Waals surface area contributed by atoms with E-state index in [-0.39, 0.29) is 17.4 Å². The van der Waals surface area contributed by atoms with Gasteiger partial charge in [0.15, 0.2) is 11.5 Å². The van der Waals surface area contributed by atoms with Gasteiger partial charge in [0, 0.05) is 22.9 Å². The highest BCUT2D eigenvalue weighted by Crippen LogP contribution is 2.44. The van der Waals surface area contributed by atoms with Gasteiger partial charge < -0.3 is 19.5 Å². The van der Waals surface area contributed by atoms with Crippen LogP contribution < -0.4 is 19.5 Å². The van der Waals surface area contributed by atoms with E-state index in [1.807, 2.05) is 36.4 Å². The lowest BCUT2D eigenvalue weighted by Gasteiger charge is -2.27. The number of benzene rings is 3. The van der Waals surface area contributed by atoms with Gasteiger partial charge in [-0.2, -0.15) is 8.78 Å². The van der Waals surface area contributed by atoms with Crippen LogP contribution in [0.2, 0.25) is 0 Å². The molecule has 148 valence electrons. The number of nitrogens with one attached hydrogen (secondary N) is 1. The summed E-state index contributed by atoms with van der Waals surface area (Å²) in [4.78, 5) is 13.2. The number of anilines is 1. The molecule has 0 saturated heterocycles. The lowest BCUT2D eigenvalue weighted by atomic mass is 9.87. The van der Waals surface area contributed by atoms with Crippen molar-refractivity contribution in [3.05, 3.63) is 77.9 Å². The Balaban J connectivity index is 1.67. The second kappa shape index (κ2) is 7.79. The van der Waals surface area contributed by atoms with Crippen LogP contribution in [0.15, 0.2) is 66.7 Å². The van der Waals surface area contributed by atoms with Crippen molar-refractivity contribution in [1.29, 1.82) is 0 Å². The normalized spacial score (nSPS) is 12.6. The number of carbonyl (C=O) groups is 1. The maximum atomic E-state index is 13.2. The van der Waals surface area contributed by atoms with Gasteiger partial charge in [0.25, 0.3) is 0 Å². The highest BCUT2D eigenvalue weighted by Gasteiger charge is 2.32. The molecule has 1 heterocycles. The molecule has 29 heavy (non-hydrogen) atoms. The van der Waals surface area contributed by atoms with E-state index in [1.54, 1.807) is 18.2 Å². The molecule has 0 bridgehead atoms. The molecule has 1 aliphatic rings. The fraction of sp³-hybridized carbons (Fsp3) is 0.136. The van der Waals surface area contributed by atoms with Crippen LogP contribution in [0.1, 0.15) is 17.0 Å². The molecule has 4 rings (SSSR count). The molecule has 5 nitrogen and oxygen atoms in total. The zero-order valence-electron chi connectivity index (χ0n) is 15.4. The van der Waals surface area contributed by atoms with Gasteiger partial charge in [-0.3, -0.25) is 4.79 Å². The Hall–Kier alpha value is -3.61. The maximum absolute atomic E-state index is 13.2. The van der Waals surface area contributed by atoms with Crippen LogP contribution in [0.5, 0.6) is 23.0 Å². The second-order valence-electron chi connectivity index (χ2n) is 6.34. The third kappa shape index (κ3) is 3.71. The first-order valence-electron chi connectivity index (χ1n) is 8.86. The molecular formula is C22H17F2NO4. The van der Waals surface area contributed by atoms with Crippen molar-refractivity contribution >= 4 is 11.6 Å². The van der Waals surface area contributed by atoms with Crippen molar-refractivity contribution in [2.45, 2.75) is 12.5 Å². The summed E-state index contributed by atoms with van der Waals surface area (Å²) < 4.78 is 40.8. The van der Waals surface area contributed by atoms with E-state index >= 15 is 0 Å². The number of alkyl halides is 2. The summed E-state index contributed by atoms with van der Waals surface area (Å²) in [7, 11) is 1.35. The average Bonchev–Trinajstić information content (AvgIpc) is 2.71. The Bertz CT molecular complexity index is 1010. The Morgan fingerprint density at radius 2 is 1.59 bits per heavy atom. The van der Waals surface area contributed by atoms with E-state index in [1.165, 1.54) is 19.2 Å². The number of amides is 1. The minimum absolute atomic E-state index is 0.144. The molecule has 1 aliphatic heterocycles. The Labute approximate surface area is 165 Å². The third-order valence-corrected chi connectivity index (χ3v) is 4.59. The highest BCUT2D eigenvalue weighted by atomic mass is 19.3. The summed E-state index contributed by atoms with van der Waals surface area (Å²) in [6.07, 6.45) is 0. The molecule has 3 aromatic rings. The Kier molecular flexibility index (Phi) is 5.03. The molecule has 0 saturated carbocycles. The van der Waals surface area contributed by atoms with Gasteiger partial charge >= 0.3 is 6.61 Å². The van der Waals surface area contributed by atoms with Crippen LogP contribution >= 0.6 is 0 Å². The largest absolute Gasteiger partial charge is 0.493 e. The monoisotopic (exact) mass is 397 g/mol. The van der Waals surface area contributed by atoms with Gasteiger partial charge in [0.1, 0.15) is 11.5 Å². The minimum Gasteiger partial charge on any atom is -0.493 e. The van der Waals surface area contributed by atoms with E-state index in [0.29, 0.717) is 17.2 Å². The molecule has 3 aromatic carbocycles. The molecule has 7 heteroatoms. The molecule has 0 spiro atoms. The Morgan fingerprint density at radius 3 is 2.17 bits per heavy atom. The van der Waals surface area contributed by atoms with Crippen molar-refractivity contribution < 1.29 is 27.8 Å². The molecule has 1 N–H and O–H groups in total. The van der Waals surface area contributed by atoms with Crippen LogP contribution in [0.3, 0.4) is 0 Å². The Morgan fingerprint density at radius 1 is 0.966 bits per heavy atom. The van der Waals surface area contributed by atoms with Gasteiger partial charge in [0.05, 0.1) is 13.0 Å². The lowest BCUT2D eigenvalue weighted by Crippen LogP contribution is -2.25. The topological polar surface area (TPSA) is 56.8 Å². The summed E-state index contributed by atoms with van der Waals surface area (Å²) in [5, 5.41) is 2.78. The molecule has 1 amide bonds. The van der Waals surface area contributed by atoms with Gasteiger partial charge in [-0.25, -0.2) is 0 Å². The number of ether oxygens (including phenoxy) is 3. The predicted octanol–water partition coefficient (Wildman–Crippen LogP) is 5.17. The van der Waals surface area contributed by atoms with Crippen LogP contribution in [-0.2, 0) is 4.79 Å². The quantitative estimate of drug-likeness (QED) is 0.645. The van der Waals surface area contributed by atoms with Crippen molar-refractivity contribution in [2.24, 2.45) is 0 Å². The summed E-state index contributed by atoms with van der Waals surface area (Å²) in [6.45, 7) is -3.01. The van der Waals surface area contributed by atoms with Crippen molar-refractivity contribution in [3.63, 3.8) is 0 Å². The highest BCUT2D eigenvalue weighted by molar-refractivity contribution is 5.99. The molecule has 0 atom stereocenters. The minimum atomic E-state index is -3.01. The van der Waals surface area contributed by atoms with Crippen LogP contribution in [0.4, 0.5) is 14.5 Å². The van der Waals surface area contributed by atoms with Gasteiger partial charge in [-0.1, -0.05) is 36.4 Å². The van der Waals surface area contributed by atoms with E-state index in [0.717, 1.165) is 11.1 Å². The number of carbonyl (C=O) groups excluding carboxylic acids is 1. The smallest absolute Gasteiger partial charge is 0.387 e. The number of hydrogen-bond acceptors (Lipinski definition) is 4. The van der Waals surface area contributed by atoms with Gasteiger partial charge in [0.2, 0.25) is 5.91 Å². The molecule has 0 aromatic heterocycles. The molecule has 0 radical (unpaired) electrons. The van der Waals surface area contributed by atoms with Gasteiger partial charge in [-0.15, -0.1) is 0 Å². The lowest BCUT2D eigenvalue weighted by molar-refractivity contribution is -0.116. The third-order valence-electron chi connectivity index (χ3n) is 4.59. The predicted molar refractivity (Wildman–Crippen MR) is 103 cm³/mol. The molecule has 0 aliphatic carbocycles. The van der Waals surface area contributed by atoms with Crippen LogP contribution in [0.25, 0.3) is 0 Å². The zero-order valence-corrected chi connectivity index (χ0v) is 15.4. The maximum Gasteiger partial charge on any atom is 0.387 e. The fourth-order valence-corrected chi connectivity index (χ4v) is 3.35. The standard InChI is InChI=1S/C22H17F2NO4/c1-27-18-11-10-13(12-19(18)29-22(23)24)25-21(26)20-14-6-2-4-8-16(14)28-17-9-5-3-7-15(17)20/h2-12,20,22H,1H3,(H,25,26). The van der Waals surface area contributed by atoms with Crippen molar-refractivity contribution in [1.82, 2.24) is 0 Å². The number of methoxy groups -OCH3 is 1. The number of hydrogen-bond donors (Lipinski definition) is 1. The number of fused-ring (bicyclic) bond motifs is 2. The molecule has 0 fully saturated rings. The number of para-hydroxylation sites is 2. The number of rotatable bonds is 5. The first-order valence-corrected chi connectivity index (χ1v) is 8.86. The average molecular weight is 397 g/mol.